The molecule has 33 heavy (non-hydrogen) atoms. The summed E-state index contributed by atoms with van der Waals surface area (Å²) in [5, 5.41) is 19.8. The van der Waals surface area contributed by atoms with Crippen molar-refractivity contribution < 1.29 is 5.11 Å². The minimum atomic E-state index is -1.28. The van der Waals surface area contributed by atoms with E-state index in [0.29, 0.717) is 38.5 Å². The Balaban J connectivity index is 1.69. The number of nitrogens with one attached hydrogen (secondary N) is 2. The fourth-order valence-corrected chi connectivity index (χ4v) is 4.34. The van der Waals surface area contributed by atoms with Crippen molar-refractivity contribution >= 4 is 51.9 Å². The second-order valence-electron chi connectivity index (χ2n) is 7.64. The Hall–Kier alpha value is -2.89. The Kier molecular flexibility index (Phi) is 7.31. The van der Waals surface area contributed by atoms with Crippen molar-refractivity contribution in [1.29, 1.82) is 0 Å². The molecule has 0 bridgehead atoms. The molecule has 3 nitrogen and oxygen atoms in total. The van der Waals surface area contributed by atoms with Gasteiger partial charge in [-0.05, 0) is 47.6 Å². The van der Waals surface area contributed by atoms with Crippen LogP contribution in [0, 0.1) is 0 Å². The molecule has 0 amide bonds. The summed E-state index contributed by atoms with van der Waals surface area (Å²) in [7, 11) is 0. The van der Waals surface area contributed by atoms with Crippen LogP contribution in [0.1, 0.15) is 16.7 Å². The number of benzene rings is 4. The number of para-hydroxylation sites is 1. The minimum Gasteiger partial charge on any atom is -0.380 e. The van der Waals surface area contributed by atoms with Crippen molar-refractivity contribution in [3.8, 4) is 0 Å². The summed E-state index contributed by atoms with van der Waals surface area (Å²) in [5.41, 5.74) is 2.53. The minimum absolute atomic E-state index is 0.335. The fraction of sp³-hybridized carbons (Fsp3) is 0.0741. The zero-order valence-corrected chi connectivity index (χ0v) is 20.0. The highest BCUT2D eigenvalue weighted by atomic mass is 35.5. The molecule has 0 spiro atoms. The predicted octanol–water partition coefficient (Wildman–Crippen LogP) is 7.28. The maximum Gasteiger partial charge on any atom is 0.175 e. The monoisotopic (exact) mass is 492 g/mol. The average molecular weight is 493 g/mol. The van der Waals surface area contributed by atoms with Gasteiger partial charge in [0.15, 0.2) is 5.11 Å². The van der Waals surface area contributed by atoms with E-state index in [1.54, 1.807) is 18.2 Å². The van der Waals surface area contributed by atoms with Gasteiger partial charge in [-0.25, -0.2) is 0 Å². The fourth-order valence-electron chi connectivity index (χ4n) is 3.78. The Morgan fingerprint density at radius 1 is 0.758 bits per heavy atom. The summed E-state index contributed by atoms with van der Waals surface area (Å²) < 4.78 is 0. The second-order valence-corrected chi connectivity index (χ2v) is 8.89. The molecule has 1 atom stereocenters. The Bertz CT molecular complexity index is 1250. The lowest BCUT2D eigenvalue weighted by molar-refractivity contribution is 0.0819. The van der Waals surface area contributed by atoms with Crippen LogP contribution in [0.5, 0.6) is 0 Å². The van der Waals surface area contributed by atoms with Crippen LogP contribution in [0.3, 0.4) is 0 Å². The van der Waals surface area contributed by atoms with Gasteiger partial charge in [0.1, 0.15) is 5.60 Å². The van der Waals surface area contributed by atoms with Crippen LogP contribution >= 0.6 is 35.4 Å². The molecule has 0 aliphatic carbocycles. The smallest absolute Gasteiger partial charge is 0.175 e. The van der Waals surface area contributed by atoms with Crippen molar-refractivity contribution in [3.63, 3.8) is 0 Å². The summed E-state index contributed by atoms with van der Waals surface area (Å²) in [4.78, 5) is 0. The van der Waals surface area contributed by atoms with Gasteiger partial charge in [-0.1, -0.05) is 102 Å². The van der Waals surface area contributed by atoms with Crippen molar-refractivity contribution in [1.82, 2.24) is 0 Å². The number of hydrogen-bond donors (Lipinski definition) is 3. The third-order valence-electron chi connectivity index (χ3n) is 5.35. The zero-order chi connectivity index (χ0) is 23.3. The average Bonchev–Trinajstić information content (AvgIpc) is 2.83. The van der Waals surface area contributed by atoms with Gasteiger partial charge >= 0.3 is 0 Å². The number of anilines is 2. The van der Waals surface area contributed by atoms with Gasteiger partial charge in [0.25, 0.3) is 0 Å². The third-order valence-corrected chi connectivity index (χ3v) is 6.12. The molecule has 4 aromatic rings. The van der Waals surface area contributed by atoms with E-state index in [4.69, 9.17) is 35.4 Å². The maximum atomic E-state index is 12.1. The largest absolute Gasteiger partial charge is 0.380 e. The zero-order valence-electron chi connectivity index (χ0n) is 17.6. The first-order chi connectivity index (χ1) is 16.0. The first-order valence-corrected chi connectivity index (χ1v) is 11.6. The predicted molar refractivity (Wildman–Crippen MR) is 142 cm³/mol. The quantitative estimate of drug-likeness (QED) is 0.247. The molecule has 4 aromatic carbocycles. The van der Waals surface area contributed by atoms with Crippen molar-refractivity contribution in [2.24, 2.45) is 0 Å². The lowest BCUT2D eigenvalue weighted by Gasteiger charge is -2.32. The van der Waals surface area contributed by atoms with Gasteiger partial charge in [0.05, 0.1) is 10.7 Å². The number of thiocarbonyl (C=S) groups is 1. The Labute approximate surface area is 209 Å². The summed E-state index contributed by atoms with van der Waals surface area (Å²) >= 11 is 17.9. The van der Waals surface area contributed by atoms with Crippen LogP contribution < -0.4 is 10.6 Å². The third kappa shape index (κ3) is 5.55. The van der Waals surface area contributed by atoms with E-state index in [2.05, 4.69) is 10.6 Å². The Morgan fingerprint density at radius 2 is 1.36 bits per heavy atom. The van der Waals surface area contributed by atoms with E-state index in [0.717, 1.165) is 11.1 Å². The summed E-state index contributed by atoms with van der Waals surface area (Å²) in [6, 6.07) is 32.3. The van der Waals surface area contributed by atoms with Crippen LogP contribution in [-0.4, -0.2) is 10.2 Å². The van der Waals surface area contributed by atoms with Gasteiger partial charge in [-0.15, -0.1) is 0 Å². The van der Waals surface area contributed by atoms with Crippen molar-refractivity contribution in [3.05, 3.63) is 130 Å². The van der Waals surface area contributed by atoms with Crippen LogP contribution in [0.15, 0.2) is 103 Å². The highest BCUT2D eigenvalue weighted by Gasteiger charge is 2.34. The van der Waals surface area contributed by atoms with Gasteiger partial charge in [0, 0.05) is 22.7 Å². The van der Waals surface area contributed by atoms with E-state index in [1.807, 2.05) is 84.9 Å². The molecule has 0 aliphatic rings. The molecule has 6 heteroatoms. The van der Waals surface area contributed by atoms with E-state index >= 15 is 0 Å². The number of rotatable bonds is 6. The van der Waals surface area contributed by atoms with E-state index in [9.17, 15) is 5.11 Å². The summed E-state index contributed by atoms with van der Waals surface area (Å²) in [6.07, 6.45) is 0.400. The molecular weight excluding hydrogens is 471 g/mol. The molecule has 3 N–H and O–H groups in total. The molecule has 0 aliphatic heterocycles. The van der Waals surface area contributed by atoms with Crippen LogP contribution in [-0.2, 0) is 12.0 Å². The van der Waals surface area contributed by atoms with Crippen LogP contribution in [0.25, 0.3) is 0 Å². The van der Waals surface area contributed by atoms with Gasteiger partial charge in [-0.3, -0.25) is 0 Å². The first kappa shape index (κ1) is 23.3. The number of halogens is 2. The molecule has 0 aromatic heterocycles. The lowest BCUT2D eigenvalue weighted by atomic mass is 9.80. The molecule has 0 saturated carbocycles. The topological polar surface area (TPSA) is 44.3 Å². The molecular formula is C27H22Cl2N2OS. The molecule has 166 valence electrons. The molecule has 0 heterocycles. The lowest BCUT2D eigenvalue weighted by Crippen LogP contribution is -2.32. The summed E-state index contributed by atoms with van der Waals surface area (Å²) in [5.74, 6) is 0. The molecule has 0 radical (unpaired) electrons. The van der Waals surface area contributed by atoms with Crippen molar-refractivity contribution in [2.75, 3.05) is 10.6 Å². The van der Waals surface area contributed by atoms with Crippen molar-refractivity contribution in [2.45, 2.75) is 12.0 Å². The van der Waals surface area contributed by atoms with Gasteiger partial charge < -0.3 is 15.7 Å². The molecule has 0 saturated heterocycles. The van der Waals surface area contributed by atoms with Crippen LogP contribution in [0.4, 0.5) is 11.4 Å². The standard InChI is InChI=1S/C27H22Cl2N2OS/c28-21-15-16-23(29)25(17-21)31-26(33)30-24-14-8-7-13-22(24)27(32,20-11-5-2-6-12-20)18-19-9-3-1-4-10-19/h1-17,32H,18H2,(H2,30,31,33)/t27-/m0/s1. The highest BCUT2D eigenvalue weighted by Crippen LogP contribution is 2.37. The SMILES string of the molecule is O[C@@](Cc1ccccc1)(c1ccccc1)c1ccccc1NC(=S)Nc1cc(Cl)ccc1Cl. The first-order valence-electron chi connectivity index (χ1n) is 10.4. The number of aliphatic hydroxyl groups is 1. The van der Waals surface area contributed by atoms with E-state index < -0.39 is 5.60 Å². The Morgan fingerprint density at radius 3 is 2.09 bits per heavy atom. The maximum absolute atomic E-state index is 12.1. The molecule has 4 rings (SSSR count). The molecule has 0 fully saturated rings. The molecule has 0 unspecified atom stereocenters. The summed E-state index contributed by atoms with van der Waals surface area (Å²) in [6.45, 7) is 0. The van der Waals surface area contributed by atoms with Crippen LogP contribution in [0.2, 0.25) is 10.0 Å². The van der Waals surface area contributed by atoms with Gasteiger partial charge in [0.2, 0.25) is 0 Å². The normalized spacial score (nSPS) is 12.6. The number of hydrogen-bond acceptors (Lipinski definition) is 2. The van der Waals surface area contributed by atoms with Gasteiger partial charge in [-0.2, -0.15) is 0 Å². The second kappa shape index (κ2) is 10.4. The van der Waals surface area contributed by atoms with E-state index in [1.165, 1.54) is 0 Å². The van der Waals surface area contributed by atoms with E-state index in [-0.39, 0.29) is 0 Å². The highest BCUT2D eigenvalue weighted by molar-refractivity contribution is 7.80.